The summed E-state index contributed by atoms with van der Waals surface area (Å²) in [6, 6.07) is 0. The maximum atomic E-state index is 10.8. The van der Waals surface area contributed by atoms with Crippen LogP contribution in [0.4, 0.5) is 0 Å². The lowest BCUT2D eigenvalue weighted by Gasteiger charge is -1.99. The van der Waals surface area contributed by atoms with Crippen LogP contribution in [0.15, 0.2) is 11.4 Å². The molecule has 0 amide bonds. The van der Waals surface area contributed by atoms with E-state index in [0.29, 0.717) is 12.2 Å². The molecule has 0 saturated heterocycles. The van der Waals surface area contributed by atoms with E-state index in [1.165, 1.54) is 7.11 Å². The van der Waals surface area contributed by atoms with Gasteiger partial charge in [0.2, 0.25) is 0 Å². The zero-order valence-corrected chi connectivity index (χ0v) is 9.43. The molecule has 5 heteroatoms. The van der Waals surface area contributed by atoms with Crippen LogP contribution in [0.25, 0.3) is 0 Å². The van der Waals surface area contributed by atoms with Crippen LogP contribution < -0.4 is 0 Å². The number of methoxy groups -OCH3 is 1. The number of carbonyl (C=O) groups is 1. The highest BCUT2D eigenvalue weighted by atomic mass is 32.2. The summed E-state index contributed by atoms with van der Waals surface area (Å²) in [5.74, 6) is 0.538. The molecule has 1 aromatic rings. The summed E-state index contributed by atoms with van der Waals surface area (Å²) in [4.78, 5) is 15.0. The summed E-state index contributed by atoms with van der Waals surface area (Å²) in [5, 5.41) is 0.983. The maximum absolute atomic E-state index is 10.8. The van der Waals surface area contributed by atoms with Crippen molar-refractivity contribution in [2.45, 2.75) is 18.4 Å². The number of nitrogens with zero attached hydrogens (tertiary/aromatic N) is 2. The van der Waals surface area contributed by atoms with Crippen molar-refractivity contribution < 1.29 is 9.53 Å². The first-order valence-corrected chi connectivity index (χ1v) is 5.31. The lowest BCUT2D eigenvalue weighted by molar-refractivity contribution is -0.140. The Morgan fingerprint density at radius 2 is 2.43 bits per heavy atom. The highest BCUT2D eigenvalue weighted by Gasteiger charge is 2.06. The van der Waals surface area contributed by atoms with Gasteiger partial charge in [0.15, 0.2) is 0 Å². The van der Waals surface area contributed by atoms with Crippen molar-refractivity contribution in [3.63, 3.8) is 0 Å². The predicted octanol–water partition coefficient (Wildman–Crippen LogP) is 1.38. The average molecular weight is 214 g/mol. The summed E-state index contributed by atoms with van der Waals surface area (Å²) in [6.45, 7) is 2.01. The van der Waals surface area contributed by atoms with Crippen molar-refractivity contribution in [3.05, 3.63) is 12.0 Å². The third-order valence-electron chi connectivity index (χ3n) is 1.96. The van der Waals surface area contributed by atoms with Gasteiger partial charge in [-0.25, -0.2) is 4.98 Å². The highest BCUT2D eigenvalue weighted by molar-refractivity contribution is 7.99. The van der Waals surface area contributed by atoms with Gasteiger partial charge < -0.3 is 9.30 Å². The van der Waals surface area contributed by atoms with Gasteiger partial charge in [-0.1, -0.05) is 0 Å². The molecule has 4 nitrogen and oxygen atoms in total. The number of esters is 1. The minimum Gasteiger partial charge on any atom is -0.469 e. The molecule has 0 saturated carbocycles. The number of imidazole rings is 1. The molecule has 0 fully saturated rings. The Bertz CT molecular complexity index is 323. The largest absolute Gasteiger partial charge is 0.469 e. The molecule has 0 unspecified atom stereocenters. The summed E-state index contributed by atoms with van der Waals surface area (Å²) in [7, 11) is 3.35. The fourth-order valence-corrected chi connectivity index (χ4v) is 1.88. The minimum atomic E-state index is -0.175. The van der Waals surface area contributed by atoms with E-state index >= 15 is 0 Å². The molecule has 0 radical (unpaired) electrons. The zero-order chi connectivity index (χ0) is 10.6. The second-order valence-electron chi connectivity index (χ2n) is 2.92. The van der Waals surface area contributed by atoms with Gasteiger partial charge in [-0.2, -0.15) is 0 Å². The molecule has 0 bridgehead atoms. The average Bonchev–Trinajstić information content (AvgIpc) is 2.49. The molecule has 1 aromatic heterocycles. The molecule has 78 valence electrons. The van der Waals surface area contributed by atoms with Crippen LogP contribution in [0, 0.1) is 6.92 Å². The molecule has 0 N–H and O–H groups in total. The predicted molar refractivity (Wildman–Crippen MR) is 55.3 cm³/mol. The van der Waals surface area contributed by atoms with E-state index in [9.17, 15) is 4.79 Å². The van der Waals surface area contributed by atoms with Crippen LogP contribution in [-0.4, -0.2) is 28.4 Å². The Hall–Kier alpha value is -0.970. The molecule has 1 heterocycles. The first-order chi connectivity index (χ1) is 6.65. The van der Waals surface area contributed by atoms with Gasteiger partial charge in [0.05, 0.1) is 19.9 Å². The van der Waals surface area contributed by atoms with Gasteiger partial charge in [0.25, 0.3) is 0 Å². The minimum absolute atomic E-state index is 0.175. The molecule has 0 spiro atoms. The second-order valence-corrected chi connectivity index (χ2v) is 4.00. The van der Waals surface area contributed by atoms with Crippen LogP contribution in [0.1, 0.15) is 12.1 Å². The SMILES string of the molecule is COC(=O)CCSc1ncn(C)c1C. The monoisotopic (exact) mass is 214 g/mol. The molecular formula is C9H14N2O2S. The van der Waals surface area contributed by atoms with Crippen LogP contribution in [0.3, 0.4) is 0 Å². The van der Waals surface area contributed by atoms with Crippen LogP contribution in [0.5, 0.6) is 0 Å². The van der Waals surface area contributed by atoms with E-state index in [0.717, 1.165) is 10.7 Å². The summed E-state index contributed by atoms with van der Waals surface area (Å²) >= 11 is 1.58. The lowest BCUT2D eigenvalue weighted by Crippen LogP contribution is -2.01. The number of ether oxygens (including phenoxy) is 1. The lowest BCUT2D eigenvalue weighted by atomic mass is 10.5. The van der Waals surface area contributed by atoms with Gasteiger partial charge in [-0.05, 0) is 6.92 Å². The molecule has 14 heavy (non-hydrogen) atoms. The van der Waals surface area contributed by atoms with Crippen molar-refractivity contribution in [2.75, 3.05) is 12.9 Å². The number of hydrogen-bond acceptors (Lipinski definition) is 4. The van der Waals surface area contributed by atoms with Crippen molar-refractivity contribution in [1.82, 2.24) is 9.55 Å². The number of aromatic nitrogens is 2. The summed E-state index contributed by atoms with van der Waals surface area (Å²) in [6.07, 6.45) is 2.20. The summed E-state index contributed by atoms with van der Waals surface area (Å²) < 4.78 is 6.50. The van der Waals surface area contributed by atoms with Gasteiger partial charge in [-0.15, -0.1) is 11.8 Å². The number of hydrogen-bond donors (Lipinski definition) is 0. The molecule has 1 rings (SSSR count). The Labute approximate surface area is 87.7 Å². The third kappa shape index (κ3) is 2.77. The van der Waals surface area contributed by atoms with Crippen LogP contribution in [0.2, 0.25) is 0 Å². The van der Waals surface area contributed by atoms with Crippen molar-refractivity contribution in [1.29, 1.82) is 0 Å². The molecule has 0 aliphatic carbocycles. The van der Waals surface area contributed by atoms with E-state index in [2.05, 4.69) is 9.72 Å². The van der Waals surface area contributed by atoms with Crippen LogP contribution >= 0.6 is 11.8 Å². The smallest absolute Gasteiger partial charge is 0.306 e. The molecule has 0 aliphatic heterocycles. The molecule has 0 atom stereocenters. The Balaban J connectivity index is 2.39. The first-order valence-electron chi connectivity index (χ1n) is 4.32. The molecule has 0 aromatic carbocycles. The topological polar surface area (TPSA) is 44.1 Å². The zero-order valence-electron chi connectivity index (χ0n) is 8.61. The Morgan fingerprint density at radius 3 is 2.93 bits per heavy atom. The first kappa shape index (κ1) is 11.1. The normalized spacial score (nSPS) is 10.2. The number of rotatable bonds is 4. The molecular weight excluding hydrogens is 200 g/mol. The van der Waals surface area contributed by atoms with E-state index in [1.54, 1.807) is 18.1 Å². The number of thioether (sulfide) groups is 1. The van der Waals surface area contributed by atoms with Gasteiger partial charge >= 0.3 is 5.97 Å². The fourth-order valence-electron chi connectivity index (χ4n) is 0.945. The van der Waals surface area contributed by atoms with Crippen molar-refractivity contribution >= 4 is 17.7 Å². The van der Waals surface area contributed by atoms with Crippen molar-refractivity contribution in [3.8, 4) is 0 Å². The maximum Gasteiger partial charge on any atom is 0.306 e. The number of aryl methyl sites for hydroxylation is 1. The Morgan fingerprint density at radius 1 is 1.71 bits per heavy atom. The third-order valence-corrected chi connectivity index (χ3v) is 3.04. The van der Waals surface area contributed by atoms with Gasteiger partial charge in [0, 0.05) is 18.5 Å². The quantitative estimate of drug-likeness (QED) is 0.561. The second kappa shape index (κ2) is 5.05. The van der Waals surface area contributed by atoms with E-state index in [-0.39, 0.29) is 5.97 Å². The summed E-state index contributed by atoms with van der Waals surface area (Å²) in [5.41, 5.74) is 1.12. The van der Waals surface area contributed by atoms with Crippen molar-refractivity contribution in [2.24, 2.45) is 7.05 Å². The van der Waals surface area contributed by atoms with E-state index in [1.807, 2.05) is 18.5 Å². The van der Waals surface area contributed by atoms with Gasteiger partial charge in [0.1, 0.15) is 5.03 Å². The Kier molecular flexibility index (Phi) is 4.00. The highest BCUT2D eigenvalue weighted by Crippen LogP contribution is 2.20. The number of carbonyl (C=O) groups excluding carboxylic acids is 1. The fraction of sp³-hybridized carbons (Fsp3) is 0.556. The van der Waals surface area contributed by atoms with Crippen LogP contribution in [-0.2, 0) is 16.6 Å². The van der Waals surface area contributed by atoms with E-state index in [4.69, 9.17) is 0 Å². The standard InChI is InChI=1S/C9H14N2O2S/c1-7-9(10-6-11(7)2)14-5-4-8(12)13-3/h6H,4-5H2,1-3H3. The van der Waals surface area contributed by atoms with E-state index < -0.39 is 0 Å². The molecule has 0 aliphatic rings. The van der Waals surface area contributed by atoms with Gasteiger partial charge in [-0.3, -0.25) is 4.79 Å².